The largest absolute Gasteiger partial charge is 0.465 e. The number of sulfonamides is 1. The van der Waals surface area contributed by atoms with E-state index in [1.165, 1.54) is 15.8 Å². The zero-order valence-corrected chi connectivity index (χ0v) is 27.4. The number of anilines is 2. The number of ether oxygens (including phenoxy) is 2. The third-order valence-electron chi connectivity index (χ3n) is 6.03. The Kier molecular flexibility index (Phi) is 10.9. The average molecular weight is 677 g/mol. The Labute approximate surface area is 268 Å². The van der Waals surface area contributed by atoms with E-state index in [9.17, 15) is 22.8 Å². The number of nitrogens with two attached hydrogens (primary N) is 1. The van der Waals surface area contributed by atoms with Crippen molar-refractivity contribution < 1.29 is 32.3 Å². The molecule has 0 aliphatic heterocycles. The fraction of sp³-hybridized carbons (Fsp3) is 0.444. The number of nitrogen functional groups attached to an aromatic ring is 1. The number of nitrogens with one attached hydrogen (secondary N) is 3. The van der Waals surface area contributed by atoms with Crippen molar-refractivity contribution in [3.8, 4) is 0 Å². The predicted octanol–water partition coefficient (Wildman–Crippen LogP) is 1.33. The second kappa shape index (κ2) is 14.6. The molecule has 0 spiro atoms. The Hall–Kier alpha value is -4.62. The normalized spacial score (nSPS) is 11.8. The van der Waals surface area contributed by atoms with Crippen LogP contribution in [0, 0.1) is 0 Å². The number of amides is 2. The maximum atomic E-state index is 13.4. The van der Waals surface area contributed by atoms with Crippen molar-refractivity contribution in [2.45, 2.75) is 44.2 Å². The summed E-state index contributed by atoms with van der Waals surface area (Å²) in [6.07, 6.45) is 0.790. The Balaban J connectivity index is 1.42. The fourth-order valence-electron chi connectivity index (χ4n) is 4.06. The molecule has 0 bridgehead atoms. The molecule has 4 rings (SSSR count). The van der Waals surface area contributed by atoms with Gasteiger partial charge < -0.3 is 35.3 Å². The number of hydrogen-bond acceptors (Lipinski definition) is 14. The molecule has 0 radical (unpaired) electrons. The molecule has 1 aromatic carbocycles. The molecule has 0 aliphatic carbocycles. The highest BCUT2D eigenvalue weighted by Gasteiger charge is 2.23. The summed E-state index contributed by atoms with van der Waals surface area (Å²) < 4.78 is 40.5. The van der Waals surface area contributed by atoms with E-state index in [1.54, 1.807) is 52.0 Å². The van der Waals surface area contributed by atoms with Crippen molar-refractivity contribution >= 4 is 72.5 Å². The number of alkyl carbamates (subject to hydrolysis) is 1. The summed E-state index contributed by atoms with van der Waals surface area (Å²) in [6.45, 7) is 6.45. The smallest absolute Gasteiger partial charge is 0.407 e. The molecule has 248 valence electrons. The number of benzene rings is 1. The highest BCUT2D eigenvalue weighted by molar-refractivity contribution is 7.91. The van der Waals surface area contributed by atoms with Crippen LogP contribution in [0.15, 0.2) is 34.9 Å². The third kappa shape index (κ3) is 9.21. The molecule has 19 heteroatoms. The fourth-order valence-corrected chi connectivity index (χ4v) is 6.34. The number of rotatable bonds is 14. The van der Waals surface area contributed by atoms with Crippen LogP contribution in [0.25, 0.3) is 21.4 Å². The minimum absolute atomic E-state index is 0.0615. The minimum Gasteiger partial charge on any atom is -0.465 e. The Morgan fingerprint density at radius 3 is 2.57 bits per heavy atom. The van der Waals surface area contributed by atoms with Crippen LogP contribution in [0.1, 0.15) is 27.7 Å². The van der Waals surface area contributed by atoms with Gasteiger partial charge in [-0.15, -0.1) is 11.3 Å². The SMILES string of the molecule is CCOC(=O)CN(CCNS(=O)(=O)c1nc2ccccc2s1)C(=O)Cn1cnc2c(N)nc(NCCNC(=O)OC(C)(C)C)nc21. The summed E-state index contributed by atoms with van der Waals surface area (Å²) in [5.74, 6) is -0.984. The molecule has 2 amide bonds. The number of carbonyl (C=O) groups is 3. The summed E-state index contributed by atoms with van der Waals surface area (Å²) >= 11 is 1.02. The molecule has 4 aromatic rings. The molecule has 0 atom stereocenters. The highest BCUT2D eigenvalue weighted by atomic mass is 32.2. The molecule has 3 aromatic heterocycles. The Morgan fingerprint density at radius 1 is 1.09 bits per heavy atom. The number of imidazole rings is 1. The van der Waals surface area contributed by atoms with Gasteiger partial charge in [-0.1, -0.05) is 12.1 Å². The summed E-state index contributed by atoms with van der Waals surface area (Å²) in [4.78, 5) is 55.8. The van der Waals surface area contributed by atoms with Gasteiger partial charge in [-0.2, -0.15) is 9.97 Å². The van der Waals surface area contributed by atoms with Crippen molar-refractivity contribution in [3.63, 3.8) is 0 Å². The van der Waals surface area contributed by atoms with Crippen molar-refractivity contribution in [1.29, 1.82) is 0 Å². The van der Waals surface area contributed by atoms with Gasteiger partial charge in [0.25, 0.3) is 10.0 Å². The molecule has 3 heterocycles. The number of thiazole rings is 1. The van der Waals surface area contributed by atoms with E-state index in [-0.39, 0.29) is 66.6 Å². The van der Waals surface area contributed by atoms with Gasteiger partial charge >= 0.3 is 12.1 Å². The average Bonchev–Trinajstić information content (AvgIpc) is 3.59. The second-order valence-electron chi connectivity index (χ2n) is 10.8. The zero-order valence-electron chi connectivity index (χ0n) is 25.8. The molecule has 0 aliphatic rings. The van der Waals surface area contributed by atoms with E-state index in [2.05, 4.69) is 35.3 Å². The van der Waals surface area contributed by atoms with Crippen LogP contribution >= 0.6 is 11.3 Å². The summed E-state index contributed by atoms with van der Waals surface area (Å²) in [5.41, 5.74) is 6.50. The van der Waals surface area contributed by atoms with Crippen LogP contribution < -0.4 is 21.1 Å². The molecule has 46 heavy (non-hydrogen) atoms. The van der Waals surface area contributed by atoms with Gasteiger partial charge in [0.05, 0.1) is 23.2 Å². The molecule has 0 fully saturated rings. The molecule has 0 saturated heterocycles. The maximum Gasteiger partial charge on any atom is 0.407 e. The van der Waals surface area contributed by atoms with E-state index < -0.39 is 40.1 Å². The number of para-hydroxylation sites is 1. The lowest BCUT2D eigenvalue weighted by Crippen LogP contribution is -2.43. The van der Waals surface area contributed by atoms with Gasteiger partial charge in [0, 0.05) is 26.2 Å². The number of hydrogen-bond donors (Lipinski definition) is 4. The first-order valence-corrected chi connectivity index (χ1v) is 16.5. The predicted molar refractivity (Wildman–Crippen MR) is 170 cm³/mol. The lowest BCUT2D eigenvalue weighted by Gasteiger charge is -2.22. The first-order chi connectivity index (χ1) is 21.8. The summed E-state index contributed by atoms with van der Waals surface area (Å²) in [7, 11) is -3.97. The molecule has 17 nitrogen and oxygen atoms in total. The number of nitrogens with zero attached hydrogens (tertiary/aromatic N) is 6. The first kappa shape index (κ1) is 34.3. The van der Waals surface area contributed by atoms with Crippen LogP contribution in [0.4, 0.5) is 16.6 Å². The quantitative estimate of drug-likeness (QED) is 0.109. The van der Waals surface area contributed by atoms with E-state index >= 15 is 0 Å². The molecular weight excluding hydrogens is 640 g/mol. The van der Waals surface area contributed by atoms with Crippen LogP contribution in [-0.2, 0) is 35.6 Å². The van der Waals surface area contributed by atoms with E-state index in [0.717, 1.165) is 16.0 Å². The monoisotopic (exact) mass is 676 g/mol. The number of aromatic nitrogens is 5. The summed E-state index contributed by atoms with van der Waals surface area (Å²) in [6, 6.07) is 7.04. The standard InChI is InChI=1S/C27H36N10O7S2/c1-5-43-20(39)15-36(13-12-32-46(41,42)26-33-17-8-6-7-9-18(17)45-26)19(38)14-37-16-31-21-22(28)34-24(35-23(21)37)29-10-11-30-25(40)44-27(2,3)4/h6-9,16,32H,5,10-15H2,1-4H3,(H,30,40)(H3,28,29,34,35). The lowest BCUT2D eigenvalue weighted by atomic mass is 10.2. The molecule has 0 unspecified atom stereocenters. The highest BCUT2D eigenvalue weighted by Crippen LogP contribution is 2.24. The Morgan fingerprint density at radius 2 is 1.85 bits per heavy atom. The first-order valence-electron chi connectivity index (χ1n) is 14.2. The van der Waals surface area contributed by atoms with Gasteiger partial charge in [-0.25, -0.2) is 27.9 Å². The molecule has 0 saturated carbocycles. The minimum atomic E-state index is -3.97. The van der Waals surface area contributed by atoms with Crippen molar-refractivity contribution in [2.24, 2.45) is 0 Å². The van der Waals surface area contributed by atoms with Gasteiger partial charge in [-0.3, -0.25) is 9.59 Å². The van der Waals surface area contributed by atoms with Gasteiger partial charge in [0.15, 0.2) is 11.5 Å². The topological polar surface area (TPSA) is 226 Å². The van der Waals surface area contributed by atoms with E-state index in [0.29, 0.717) is 5.52 Å². The Bertz CT molecular complexity index is 1790. The van der Waals surface area contributed by atoms with Gasteiger partial charge in [0.1, 0.15) is 24.2 Å². The van der Waals surface area contributed by atoms with Crippen molar-refractivity contribution in [1.82, 2.24) is 39.4 Å². The number of carbonyl (C=O) groups excluding carboxylic acids is 3. The van der Waals surface area contributed by atoms with Crippen molar-refractivity contribution in [2.75, 3.05) is 50.4 Å². The van der Waals surface area contributed by atoms with Crippen LogP contribution in [0.3, 0.4) is 0 Å². The second-order valence-corrected chi connectivity index (χ2v) is 13.8. The van der Waals surface area contributed by atoms with E-state index in [4.69, 9.17) is 15.2 Å². The van der Waals surface area contributed by atoms with Crippen LogP contribution in [-0.4, -0.2) is 101 Å². The van der Waals surface area contributed by atoms with E-state index in [1.807, 2.05) is 0 Å². The van der Waals surface area contributed by atoms with Crippen molar-refractivity contribution in [3.05, 3.63) is 30.6 Å². The third-order valence-corrected chi connectivity index (χ3v) is 8.90. The lowest BCUT2D eigenvalue weighted by molar-refractivity contribution is -0.149. The van der Waals surface area contributed by atoms with Crippen LogP contribution in [0.2, 0.25) is 0 Å². The maximum absolute atomic E-state index is 13.4. The zero-order chi connectivity index (χ0) is 33.5. The summed E-state index contributed by atoms with van der Waals surface area (Å²) in [5, 5.41) is 5.56. The number of esters is 1. The molecule has 5 N–H and O–H groups in total. The van der Waals surface area contributed by atoms with Gasteiger partial charge in [0.2, 0.25) is 16.2 Å². The number of fused-ring (bicyclic) bond motifs is 2. The van der Waals surface area contributed by atoms with Gasteiger partial charge in [-0.05, 0) is 39.8 Å². The van der Waals surface area contributed by atoms with Crippen LogP contribution in [0.5, 0.6) is 0 Å². The molecular formula is C27H36N10O7S2.